The van der Waals surface area contributed by atoms with Crippen LogP contribution in [0.5, 0.6) is 0 Å². The summed E-state index contributed by atoms with van der Waals surface area (Å²) in [4.78, 5) is 16.2. The van der Waals surface area contributed by atoms with Crippen LogP contribution < -0.4 is 0 Å². The Labute approximate surface area is 214 Å². The number of carbonyl (C=O) groups is 1. The highest BCUT2D eigenvalue weighted by Gasteiger charge is 2.22. The van der Waals surface area contributed by atoms with E-state index >= 15 is 0 Å². The Hall–Kier alpha value is -3.56. The van der Waals surface area contributed by atoms with E-state index < -0.39 is 5.97 Å². The number of benzene rings is 2. The van der Waals surface area contributed by atoms with Gasteiger partial charge in [0.2, 0.25) is 0 Å². The minimum Gasteiger partial charge on any atom is -0.476 e. The van der Waals surface area contributed by atoms with E-state index in [0.29, 0.717) is 31.2 Å². The summed E-state index contributed by atoms with van der Waals surface area (Å²) in [5.41, 5.74) is 3.82. The lowest BCUT2D eigenvalue weighted by Crippen LogP contribution is -2.13. The van der Waals surface area contributed by atoms with Gasteiger partial charge in [-0.2, -0.15) is 4.68 Å². The standard InChI is InChI=1S/C26H29ClN6O3/c1-4-6-11-22-28-24(27)23(26(34)35)32(22)16-18-12-14-19(15-13-18)20-9-7-8-10-21(20)25-29-30-31-33(25)17(3)36-5-2/h7-10,12-15,17H,4-6,11,16H2,1-3H3,(H,34,35). The number of aryl methyl sites for hydroxylation is 1. The van der Waals surface area contributed by atoms with E-state index in [9.17, 15) is 9.90 Å². The zero-order valence-corrected chi connectivity index (χ0v) is 21.3. The Kier molecular flexibility index (Phi) is 8.12. The lowest BCUT2D eigenvalue weighted by molar-refractivity contribution is 0.0159. The number of rotatable bonds is 11. The van der Waals surface area contributed by atoms with E-state index in [1.54, 1.807) is 9.25 Å². The van der Waals surface area contributed by atoms with E-state index in [1.807, 2.05) is 62.4 Å². The normalized spacial score (nSPS) is 12.1. The molecule has 2 aromatic heterocycles. The number of halogens is 1. The van der Waals surface area contributed by atoms with Crippen molar-refractivity contribution in [3.05, 3.63) is 70.8 Å². The second-order valence-electron chi connectivity index (χ2n) is 8.41. The molecule has 0 spiro atoms. The largest absolute Gasteiger partial charge is 0.476 e. The van der Waals surface area contributed by atoms with Crippen molar-refractivity contribution in [1.29, 1.82) is 0 Å². The predicted octanol–water partition coefficient (Wildman–Crippen LogP) is 5.50. The molecule has 36 heavy (non-hydrogen) atoms. The summed E-state index contributed by atoms with van der Waals surface area (Å²) in [5.74, 6) is 0.221. The third kappa shape index (κ3) is 5.32. The fourth-order valence-corrected chi connectivity index (χ4v) is 4.48. The lowest BCUT2D eigenvalue weighted by atomic mass is 9.98. The maximum Gasteiger partial charge on any atom is 0.355 e. The maximum atomic E-state index is 11.9. The number of unbranched alkanes of at least 4 members (excludes halogenated alkanes) is 1. The van der Waals surface area contributed by atoms with Crippen molar-refractivity contribution >= 4 is 17.6 Å². The SMILES string of the molecule is CCCCc1nc(Cl)c(C(=O)O)n1Cc1ccc(-c2ccccc2-c2nnnn2C(C)OCC)cc1. The van der Waals surface area contributed by atoms with Crippen LogP contribution >= 0.6 is 11.6 Å². The summed E-state index contributed by atoms with van der Waals surface area (Å²) in [6.07, 6.45) is 2.25. The molecule has 9 nitrogen and oxygen atoms in total. The molecular formula is C26H29ClN6O3. The monoisotopic (exact) mass is 508 g/mol. The summed E-state index contributed by atoms with van der Waals surface area (Å²) in [6, 6.07) is 15.9. The molecule has 188 valence electrons. The van der Waals surface area contributed by atoms with Crippen LogP contribution in [0.25, 0.3) is 22.5 Å². The molecule has 1 unspecified atom stereocenters. The zero-order chi connectivity index (χ0) is 25.7. The maximum absolute atomic E-state index is 11.9. The first-order valence-corrected chi connectivity index (χ1v) is 12.4. The first-order chi connectivity index (χ1) is 17.4. The van der Waals surface area contributed by atoms with Crippen LogP contribution in [0.4, 0.5) is 0 Å². The summed E-state index contributed by atoms with van der Waals surface area (Å²) < 4.78 is 9.06. The van der Waals surface area contributed by atoms with Crippen molar-refractivity contribution in [3.63, 3.8) is 0 Å². The smallest absolute Gasteiger partial charge is 0.355 e. The fourth-order valence-electron chi connectivity index (χ4n) is 4.20. The summed E-state index contributed by atoms with van der Waals surface area (Å²) >= 11 is 6.18. The number of nitrogens with zero attached hydrogens (tertiary/aromatic N) is 6. The second kappa shape index (κ2) is 11.5. The van der Waals surface area contributed by atoms with Crippen LogP contribution in [0.15, 0.2) is 48.5 Å². The van der Waals surface area contributed by atoms with Gasteiger partial charge in [-0.05, 0) is 47.4 Å². The number of aromatic carboxylic acids is 1. The molecule has 0 radical (unpaired) electrons. The van der Waals surface area contributed by atoms with Crippen LogP contribution in [0, 0.1) is 0 Å². The van der Waals surface area contributed by atoms with Gasteiger partial charge in [-0.15, -0.1) is 5.10 Å². The Bertz CT molecular complexity index is 1330. The quantitative estimate of drug-likeness (QED) is 0.285. The minimum absolute atomic E-state index is 0.0208. The predicted molar refractivity (Wildman–Crippen MR) is 137 cm³/mol. The average molecular weight is 509 g/mol. The van der Waals surface area contributed by atoms with Gasteiger partial charge in [-0.1, -0.05) is 73.5 Å². The molecule has 4 aromatic rings. The van der Waals surface area contributed by atoms with Crippen molar-refractivity contribution in [2.24, 2.45) is 0 Å². The number of carboxylic acid groups (broad SMARTS) is 1. The van der Waals surface area contributed by atoms with Gasteiger partial charge < -0.3 is 14.4 Å². The Morgan fingerprint density at radius 3 is 2.50 bits per heavy atom. The Morgan fingerprint density at radius 1 is 1.11 bits per heavy atom. The van der Waals surface area contributed by atoms with Crippen LogP contribution in [0.1, 0.15) is 61.7 Å². The molecule has 1 N–H and O–H groups in total. The van der Waals surface area contributed by atoms with Crippen molar-refractivity contribution in [3.8, 4) is 22.5 Å². The molecule has 0 amide bonds. The topological polar surface area (TPSA) is 108 Å². The van der Waals surface area contributed by atoms with Gasteiger partial charge in [0.25, 0.3) is 0 Å². The first kappa shape index (κ1) is 25.5. The number of tetrazole rings is 1. The molecule has 0 fully saturated rings. The summed E-state index contributed by atoms with van der Waals surface area (Å²) in [5, 5.41) is 22.0. The van der Waals surface area contributed by atoms with Gasteiger partial charge in [-0.3, -0.25) is 0 Å². The number of ether oxygens (including phenoxy) is 1. The van der Waals surface area contributed by atoms with Crippen LogP contribution in [0.3, 0.4) is 0 Å². The summed E-state index contributed by atoms with van der Waals surface area (Å²) in [6.45, 7) is 6.84. The molecule has 0 saturated carbocycles. The highest BCUT2D eigenvalue weighted by molar-refractivity contribution is 6.32. The third-order valence-corrected chi connectivity index (χ3v) is 6.24. The molecule has 4 rings (SSSR count). The Balaban J connectivity index is 1.65. The van der Waals surface area contributed by atoms with Gasteiger partial charge in [0, 0.05) is 25.1 Å². The van der Waals surface area contributed by atoms with Crippen molar-refractivity contribution < 1.29 is 14.6 Å². The third-order valence-electron chi connectivity index (χ3n) is 5.98. The molecular weight excluding hydrogens is 480 g/mol. The van der Waals surface area contributed by atoms with Crippen LogP contribution in [0.2, 0.25) is 5.15 Å². The van der Waals surface area contributed by atoms with Gasteiger partial charge in [0.15, 0.2) is 22.9 Å². The van der Waals surface area contributed by atoms with E-state index in [2.05, 4.69) is 27.4 Å². The molecule has 2 heterocycles. The van der Waals surface area contributed by atoms with E-state index in [-0.39, 0.29) is 17.1 Å². The molecule has 0 bridgehead atoms. The number of aromatic nitrogens is 6. The molecule has 2 aromatic carbocycles. The first-order valence-electron chi connectivity index (χ1n) is 12.0. The molecule has 0 aliphatic rings. The van der Waals surface area contributed by atoms with Gasteiger partial charge in [0.1, 0.15) is 5.82 Å². The number of hydrogen-bond donors (Lipinski definition) is 1. The highest BCUT2D eigenvalue weighted by Crippen LogP contribution is 2.32. The minimum atomic E-state index is -1.08. The Morgan fingerprint density at radius 2 is 1.83 bits per heavy atom. The molecule has 1 atom stereocenters. The number of hydrogen-bond acceptors (Lipinski definition) is 6. The zero-order valence-electron chi connectivity index (χ0n) is 20.6. The second-order valence-corrected chi connectivity index (χ2v) is 8.76. The van der Waals surface area contributed by atoms with Crippen LogP contribution in [-0.4, -0.2) is 47.4 Å². The number of carboxylic acids is 1. The van der Waals surface area contributed by atoms with Gasteiger partial charge in [-0.25, -0.2) is 9.78 Å². The van der Waals surface area contributed by atoms with Crippen LogP contribution in [-0.2, 0) is 17.7 Å². The fraction of sp³-hybridized carbons (Fsp3) is 0.346. The van der Waals surface area contributed by atoms with Gasteiger partial charge >= 0.3 is 5.97 Å². The van der Waals surface area contributed by atoms with E-state index in [1.165, 1.54) is 0 Å². The highest BCUT2D eigenvalue weighted by atomic mass is 35.5. The molecule has 0 aliphatic heterocycles. The molecule has 0 aliphatic carbocycles. The molecule has 10 heteroatoms. The molecule has 0 saturated heterocycles. The summed E-state index contributed by atoms with van der Waals surface area (Å²) in [7, 11) is 0. The number of imidazole rings is 1. The van der Waals surface area contributed by atoms with Crippen molar-refractivity contribution in [2.75, 3.05) is 6.61 Å². The van der Waals surface area contributed by atoms with Crippen molar-refractivity contribution in [2.45, 2.75) is 52.8 Å². The lowest BCUT2D eigenvalue weighted by Gasteiger charge is -2.15. The van der Waals surface area contributed by atoms with E-state index in [4.69, 9.17) is 16.3 Å². The van der Waals surface area contributed by atoms with E-state index in [0.717, 1.165) is 35.1 Å². The average Bonchev–Trinajstić information content (AvgIpc) is 3.48. The van der Waals surface area contributed by atoms with Gasteiger partial charge in [0.05, 0.1) is 0 Å². The van der Waals surface area contributed by atoms with Crippen molar-refractivity contribution in [1.82, 2.24) is 29.8 Å².